The van der Waals surface area contributed by atoms with E-state index >= 15 is 0 Å². The molecule has 0 aliphatic carbocycles. The zero-order valence-electron chi connectivity index (χ0n) is 17.3. The molecule has 1 unspecified atom stereocenters. The number of nitrogens with one attached hydrogen (secondary N) is 1. The largest absolute Gasteiger partial charge is 0.391 e. The van der Waals surface area contributed by atoms with E-state index in [1.54, 1.807) is 42.1 Å². The van der Waals surface area contributed by atoms with Gasteiger partial charge in [-0.25, -0.2) is 15.0 Å². The molecule has 0 saturated carbocycles. The summed E-state index contributed by atoms with van der Waals surface area (Å²) in [6.07, 6.45) is 0.117. The fraction of sp³-hybridized carbons (Fsp3) is 0.429. The molecule has 0 radical (unpaired) electrons. The third-order valence-corrected chi connectivity index (χ3v) is 5.44. The number of aliphatic hydroxyl groups excluding tert-OH is 1. The average Bonchev–Trinajstić information content (AvgIpc) is 3.39. The van der Waals surface area contributed by atoms with Crippen molar-refractivity contribution in [3.8, 4) is 0 Å². The van der Waals surface area contributed by atoms with E-state index in [0.29, 0.717) is 22.5 Å². The lowest BCUT2D eigenvalue weighted by molar-refractivity contribution is -0.205. The van der Waals surface area contributed by atoms with Crippen molar-refractivity contribution in [1.29, 1.82) is 0 Å². The number of carbonyl (C=O) groups excluding carboxylic acids is 1. The van der Waals surface area contributed by atoms with E-state index in [1.165, 1.54) is 6.33 Å². The van der Waals surface area contributed by atoms with Crippen LogP contribution in [0.15, 0.2) is 43.0 Å². The van der Waals surface area contributed by atoms with Crippen LogP contribution in [-0.2, 0) is 14.2 Å². The number of hydrogen-bond donors (Lipinski definition) is 2. The predicted octanol–water partition coefficient (Wildman–Crippen LogP) is 1.88. The van der Waals surface area contributed by atoms with E-state index < -0.39 is 36.4 Å². The summed E-state index contributed by atoms with van der Waals surface area (Å²) in [6, 6.07) is 8.85. The van der Waals surface area contributed by atoms with Gasteiger partial charge in [0.05, 0.1) is 12.4 Å². The zero-order chi connectivity index (χ0) is 21.8. The Balaban J connectivity index is 1.48. The number of aromatic nitrogens is 4. The van der Waals surface area contributed by atoms with Crippen LogP contribution < -0.4 is 5.32 Å². The first-order chi connectivity index (χ1) is 14.8. The van der Waals surface area contributed by atoms with Gasteiger partial charge in [0, 0.05) is 5.56 Å². The SMILES string of the molecule is CC(O)[C@H]1O[C@@H](n2cnc3c(NC(=O)c4ccccc4)ncnc32)[C@@H]2OC(C)(C)O[C@@H]21. The molecular weight excluding hydrogens is 402 g/mol. The molecule has 1 amide bonds. The lowest BCUT2D eigenvalue weighted by Crippen LogP contribution is -2.36. The molecule has 10 nitrogen and oxygen atoms in total. The number of fused-ring (bicyclic) bond motifs is 2. The highest BCUT2D eigenvalue weighted by molar-refractivity contribution is 6.06. The zero-order valence-corrected chi connectivity index (χ0v) is 17.3. The van der Waals surface area contributed by atoms with Crippen LogP contribution in [0.25, 0.3) is 11.2 Å². The lowest BCUT2D eigenvalue weighted by Gasteiger charge is -2.25. The van der Waals surface area contributed by atoms with Gasteiger partial charge in [0.1, 0.15) is 24.6 Å². The van der Waals surface area contributed by atoms with Gasteiger partial charge in [-0.1, -0.05) is 18.2 Å². The molecule has 0 bridgehead atoms. The standard InChI is InChI=1S/C21H23N5O5/c1-11(27)14-15-16(31-21(2,3)30-15)20(29-14)26-10-24-13-17(22-9-23-18(13)26)25-19(28)12-7-5-4-6-8-12/h4-11,14-16,20,27H,1-3H3,(H,22,23,25,28)/t11?,14-,15-,16-,20-/m1/s1. The maximum absolute atomic E-state index is 12.6. The smallest absolute Gasteiger partial charge is 0.256 e. The summed E-state index contributed by atoms with van der Waals surface area (Å²) in [7, 11) is 0. The summed E-state index contributed by atoms with van der Waals surface area (Å²) >= 11 is 0. The highest BCUT2D eigenvalue weighted by Gasteiger charge is 2.57. The van der Waals surface area contributed by atoms with Crippen LogP contribution in [0.3, 0.4) is 0 Å². The van der Waals surface area contributed by atoms with Crippen LogP contribution >= 0.6 is 0 Å². The maximum atomic E-state index is 12.6. The van der Waals surface area contributed by atoms with Crippen LogP contribution in [0, 0.1) is 0 Å². The Morgan fingerprint density at radius 3 is 2.65 bits per heavy atom. The van der Waals surface area contributed by atoms with Crippen molar-refractivity contribution in [2.45, 2.75) is 57.2 Å². The van der Waals surface area contributed by atoms with Crippen LogP contribution in [-0.4, -0.2) is 60.7 Å². The summed E-state index contributed by atoms with van der Waals surface area (Å²) in [5.74, 6) is -0.802. The Kier molecular flexibility index (Phi) is 4.74. The van der Waals surface area contributed by atoms with Gasteiger partial charge in [0.25, 0.3) is 5.91 Å². The highest BCUT2D eigenvalue weighted by Crippen LogP contribution is 2.44. The van der Waals surface area contributed by atoms with Crippen molar-refractivity contribution < 1.29 is 24.1 Å². The minimum atomic E-state index is -0.801. The van der Waals surface area contributed by atoms with Crippen molar-refractivity contribution in [3.63, 3.8) is 0 Å². The first kappa shape index (κ1) is 20.0. The fourth-order valence-corrected chi connectivity index (χ4v) is 4.12. The van der Waals surface area contributed by atoms with E-state index in [1.807, 2.05) is 19.9 Å². The number of carbonyl (C=O) groups is 1. The molecule has 2 aliphatic rings. The molecular formula is C21H23N5O5. The predicted molar refractivity (Wildman–Crippen MR) is 109 cm³/mol. The molecule has 2 saturated heterocycles. The quantitative estimate of drug-likeness (QED) is 0.650. The molecule has 1 aromatic carbocycles. The summed E-state index contributed by atoms with van der Waals surface area (Å²) in [5, 5.41) is 13.0. The topological polar surface area (TPSA) is 121 Å². The fourth-order valence-electron chi connectivity index (χ4n) is 4.12. The number of rotatable bonds is 4. The average molecular weight is 425 g/mol. The van der Waals surface area contributed by atoms with Gasteiger partial charge in [-0.2, -0.15) is 0 Å². The van der Waals surface area contributed by atoms with Crippen LogP contribution in [0.4, 0.5) is 5.82 Å². The Morgan fingerprint density at radius 2 is 1.90 bits per heavy atom. The van der Waals surface area contributed by atoms with Gasteiger partial charge in [0.2, 0.25) is 0 Å². The third kappa shape index (κ3) is 3.47. The van der Waals surface area contributed by atoms with E-state index in [0.717, 1.165) is 0 Å². The van der Waals surface area contributed by atoms with E-state index in [-0.39, 0.29) is 5.91 Å². The number of aliphatic hydroxyl groups is 1. The van der Waals surface area contributed by atoms with Crippen molar-refractivity contribution in [2.75, 3.05) is 5.32 Å². The molecule has 2 N–H and O–H groups in total. The monoisotopic (exact) mass is 425 g/mol. The number of benzene rings is 1. The molecule has 2 aliphatic heterocycles. The Labute approximate surface area is 178 Å². The van der Waals surface area contributed by atoms with E-state index in [4.69, 9.17) is 14.2 Å². The van der Waals surface area contributed by atoms with E-state index in [9.17, 15) is 9.90 Å². The summed E-state index contributed by atoms with van der Waals surface area (Å²) in [5.41, 5.74) is 1.40. The number of anilines is 1. The van der Waals surface area contributed by atoms with Gasteiger partial charge >= 0.3 is 0 Å². The summed E-state index contributed by atoms with van der Waals surface area (Å²) in [6.45, 7) is 5.31. The lowest BCUT2D eigenvalue weighted by atomic mass is 10.1. The Hall–Kier alpha value is -2.92. The second-order valence-electron chi connectivity index (χ2n) is 8.16. The minimum absolute atomic E-state index is 0.295. The summed E-state index contributed by atoms with van der Waals surface area (Å²) in [4.78, 5) is 25.5. The minimum Gasteiger partial charge on any atom is -0.391 e. The van der Waals surface area contributed by atoms with Crippen LogP contribution in [0.1, 0.15) is 37.4 Å². The second-order valence-corrected chi connectivity index (χ2v) is 8.16. The van der Waals surface area contributed by atoms with Gasteiger partial charge < -0.3 is 24.6 Å². The van der Waals surface area contributed by atoms with Crippen molar-refractivity contribution >= 4 is 22.9 Å². The van der Waals surface area contributed by atoms with Crippen LogP contribution in [0.2, 0.25) is 0 Å². The maximum Gasteiger partial charge on any atom is 0.256 e. The molecule has 10 heteroatoms. The Bertz CT molecular complexity index is 1120. The molecule has 2 aromatic heterocycles. The van der Waals surface area contributed by atoms with Gasteiger partial charge in [0.15, 0.2) is 29.0 Å². The third-order valence-electron chi connectivity index (χ3n) is 5.44. The van der Waals surface area contributed by atoms with Crippen molar-refractivity contribution in [3.05, 3.63) is 48.5 Å². The molecule has 5 atom stereocenters. The number of amides is 1. The van der Waals surface area contributed by atoms with Gasteiger partial charge in [-0.05, 0) is 32.9 Å². The first-order valence-corrected chi connectivity index (χ1v) is 10.1. The van der Waals surface area contributed by atoms with Crippen molar-refractivity contribution in [1.82, 2.24) is 19.5 Å². The molecule has 0 spiro atoms. The normalized spacial score (nSPS) is 27.9. The number of hydrogen-bond acceptors (Lipinski definition) is 8. The molecule has 2 fully saturated rings. The number of nitrogens with zero attached hydrogens (tertiary/aromatic N) is 4. The molecule has 162 valence electrons. The first-order valence-electron chi connectivity index (χ1n) is 10.1. The highest BCUT2D eigenvalue weighted by atomic mass is 16.8. The Morgan fingerprint density at radius 1 is 1.16 bits per heavy atom. The molecule has 5 rings (SSSR count). The summed E-state index contributed by atoms with van der Waals surface area (Å²) < 4.78 is 19.9. The molecule has 31 heavy (non-hydrogen) atoms. The molecule has 3 aromatic rings. The second kappa shape index (κ2) is 7.34. The van der Waals surface area contributed by atoms with Crippen LogP contribution in [0.5, 0.6) is 0 Å². The number of imidazole rings is 1. The molecule has 4 heterocycles. The van der Waals surface area contributed by atoms with Gasteiger partial charge in [-0.3, -0.25) is 9.36 Å². The van der Waals surface area contributed by atoms with Crippen molar-refractivity contribution in [2.24, 2.45) is 0 Å². The van der Waals surface area contributed by atoms with Gasteiger partial charge in [-0.15, -0.1) is 0 Å². The number of ether oxygens (including phenoxy) is 3. The van der Waals surface area contributed by atoms with E-state index in [2.05, 4.69) is 20.3 Å².